The molecule has 0 amide bonds. The van der Waals surface area contributed by atoms with E-state index in [4.69, 9.17) is 11.6 Å². The van der Waals surface area contributed by atoms with E-state index >= 15 is 0 Å². The molecule has 0 unspecified atom stereocenters. The Morgan fingerprint density at radius 1 is 1.00 bits per heavy atom. The Bertz CT molecular complexity index is 505. The number of pyridine rings is 1. The molecule has 0 spiro atoms. The SMILES string of the molecule is O=c1cccc(Cl)n1Cc1ccccc1. The Morgan fingerprint density at radius 3 is 2.40 bits per heavy atom. The molecular weight excluding hydrogens is 210 g/mol. The van der Waals surface area contributed by atoms with E-state index in [2.05, 4.69) is 0 Å². The van der Waals surface area contributed by atoms with Gasteiger partial charge >= 0.3 is 0 Å². The molecule has 0 aliphatic rings. The zero-order chi connectivity index (χ0) is 10.7. The molecular formula is C12H10ClNO. The summed E-state index contributed by atoms with van der Waals surface area (Å²) in [5, 5.41) is 0.464. The van der Waals surface area contributed by atoms with Gasteiger partial charge in [-0.2, -0.15) is 0 Å². The van der Waals surface area contributed by atoms with E-state index in [1.807, 2.05) is 30.3 Å². The molecule has 15 heavy (non-hydrogen) atoms. The maximum Gasteiger partial charge on any atom is 0.251 e. The van der Waals surface area contributed by atoms with Crippen LogP contribution in [0.1, 0.15) is 5.56 Å². The van der Waals surface area contributed by atoms with Gasteiger partial charge in [0.25, 0.3) is 5.56 Å². The summed E-state index contributed by atoms with van der Waals surface area (Å²) >= 11 is 5.94. The number of benzene rings is 1. The van der Waals surface area contributed by atoms with Gasteiger partial charge in [-0.15, -0.1) is 0 Å². The molecule has 1 aromatic carbocycles. The van der Waals surface area contributed by atoms with Crippen molar-refractivity contribution in [3.63, 3.8) is 0 Å². The molecule has 0 N–H and O–H groups in total. The van der Waals surface area contributed by atoms with E-state index in [-0.39, 0.29) is 5.56 Å². The van der Waals surface area contributed by atoms with E-state index in [9.17, 15) is 4.79 Å². The fourth-order valence-electron chi connectivity index (χ4n) is 1.41. The monoisotopic (exact) mass is 219 g/mol. The van der Waals surface area contributed by atoms with Gasteiger partial charge in [-0.25, -0.2) is 0 Å². The number of hydrogen-bond acceptors (Lipinski definition) is 1. The van der Waals surface area contributed by atoms with Crippen molar-refractivity contribution in [3.05, 3.63) is 69.6 Å². The second kappa shape index (κ2) is 4.32. The number of halogens is 1. The highest BCUT2D eigenvalue weighted by Gasteiger charge is 2.00. The van der Waals surface area contributed by atoms with Gasteiger partial charge in [0.15, 0.2) is 0 Å². The van der Waals surface area contributed by atoms with Crippen LogP contribution in [-0.4, -0.2) is 4.57 Å². The number of hydrogen-bond donors (Lipinski definition) is 0. The molecule has 0 radical (unpaired) electrons. The summed E-state index contributed by atoms with van der Waals surface area (Å²) in [6.45, 7) is 0.513. The molecule has 2 aromatic rings. The molecule has 2 rings (SSSR count). The zero-order valence-electron chi connectivity index (χ0n) is 8.06. The predicted molar refractivity (Wildman–Crippen MR) is 61.3 cm³/mol. The summed E-state index contributed by atoms with van der Waals surface area (Å²) in [5.74, 6) is 0. The van der Waals surface area contributed by atoms with Crippen molar-refractivity contribution in [2.75, 3.05) is 0 Å². The van der Waals surface area contributed by atoms with Crippen molar-refractivity contribution in [2.24, 2.45) is 0 Å². The van der Waals surface area contributed by atoms with Crippen molar-refractivity contribution in [2.45, 2.75) is 6.54 Å². The predicted octanol–water partition coefficient (Wildman–Crippen LogP) is 2.55. The minimum atomic E-state index is -0.0775. The van der Waals surface area contributed by atoms with E-state index < -0.39 is 0 Å². The van der Waals surface area contributed by atoms with E-state index in [0.29, 0.717) is 11.7 Å². The lowest BCUT2D eigenvalue weighted by atomic mass is 10.2. The Hall–Kier alpha value is -1.54. The van der Waals surface area contributed by atoms with Crippen LogP contribution in [0, 0.1) is 0 Å². The van der Waals surface area contributed by atoms with Gasteiger partial charge in [0, 0.05) is 6.07 Å². The Kier molecular flexibility index (Phi) is 2.88. The summed E-state index contributed by atoms with van der Waals surface area (Å²) in [4.78, 5) is 11.5. The Morgan fingerprint density at radius 2 is 1.73 bits per heavy atom. The topological polar surface area (TPSA) is 22.0 Å². The van der Waals surface area contributed by atoms with Crippen LogP contribution in [-0.2, 0) is 6.54 Å². The van der Waals surface area contributed by atoms with Gasteiger partial charge in [-0.1, -0.05) is 48.0 Å². The molecule has 1 aromatic heterocycles. The van der Waals surface area contributed by atoms with Crippen LogP contribution >= 0.6 is 11.6 Å². The van der Waals surface area contributed by atoms with Crippen LogP contribution < -0.4 is 5.56 Å². The van der Waals surface area contributed by atoms with Crippen molar-refractivity contribution >= 4 is 11.6 Å². The molecule has 0 aliphatic carbocycles. The second-order valence-corrected chi connectivity index (χ2v) is 3.65. The third-order valence-electron chi connectivity index (χ3n) is 2.18. The minimum absolute atomic E-state index is 0.0775. The summed E-state index contributed by atoms with van der Waals surface area (Å²) in [5.41, 5.74) is 0.985. The van der Waals surface area contributed by atoms with Crippen molar-refractivity contribution < 1.29 is 0 Å². The zero-order valence-corrected chi connectivity index (χ0v) is 8.82. The molecule has 2 nitrogen and oxygen atoms in total. The molecule has 0 fully saturated rings. The highest BCUT2D eigenvalue weighted by atomic mass is 35.5. The first kappa shape index (κ1) is 9.99. The molecule has 0 bridgehead atoms. The van der Waals surface area contributed by atoms with Crippen LogP contribution in [0.4, 0.5) is 0 Å². The average Bonchev–Trinajstić information content (AvgIpc) is 2.25. The molecule has 1 heterocycles. The number of nitrogens with zero attached hydrogens (tertiary/aromatic N) is 1. The maximum absolute atomic E-state index is 11.5. The summed E-state index contributed by atoms with van der Waals surface area (Å²) in [6, 6.07) is 14.6. The lowest BCUT2D eigenvalue weighted by molar-refractivity contribution is 0.760. The van der Waals surface area contributed by atoms with Gasteiger partial charge in [0.05, 0.1) is 6.54 Å². The van der Waals surface area contributed by atoms with Crippen LogP contribution in [0.5, 0.6) is 0 Å². The van der Waals surface area contributed by atoms with E-state index in [0.717, 1.165) is 5.56 Å². The first-order chi connectivity index (χ1) is 7.27. The Balaban J connectivity index is 2.37. The lowest BCUT2D eigenvalue weighted by Gasteiger charge is -2.07. The van der Waals surface area contributed by atoms with Crippen molar-refractivity contribution in [3.8, 4) is 0 Å². The summed E-state index contributed by atoms with van der Waals surface area (Å²) in [6.07, 6.45) is 0. The average molecular weight is 220 g/mol. The summed E-state index contributed by atoms with van der Waals surface area (Å²) < 4.78 is 1.54. The summed E-state index contributed by atoms with van der Waals surface area (Å²) in [7, 11) is 0. The highest BCUT2D eigenvalue weighted by Crippen LogP contribution is 2.08. The van der Waals surface area contributed by atoms with Gasteiger partial charge in [-0.3, -0.25) is 9.36 Å². The number of aromatic nitrogens is 1. The highest BCUT2D eigenvalue weighted by molar-refractivity contribution is 6.29. The van der Waals surface area contributed by atoms with Gasteiger partial charge in [0.2, 0.25) is 0 Å². The van der Waals surface area contributed by atoms with Crippen molar-refractivity contribution in [1.29, 1.82) is 0 Å². The molecule has 0 atom stereocenters. The standard InChI is InChI=1S/C12H10ClNO/c13-11-7-4-8-12(15)14(11)9-10-5-2-1-3-6-10/h1-8H,9H2. The third-order valence-corrected chi connectivity index (χ3v) is 2.51. The quantitative estimate of drug-likeness (QED) is 0.712. The third kappa shape index (κ3) is 2.28. The van der Waals surface area contributed by atoms with Gasteiger partial charge in [0.1, 0.15) is 5.15 Å². The van der Waals surface area contributed by atoms with Crippen molar-refractivity contribution in [1.82, 2.24) is 4.57 Å². The van der Waals surface area contributed by atoms with Crippen LogP contribution in [0.3, 0.4) is 0 Å². The van der Waals surface area contributed by atoms with Crippen LogP contribution in [0.2, 0.25) is 5.15 Å². The molecule has 0 saturated heterocycles. The van der Waals surface area contributed by atoms with Gasteiger partial charge in [-0.05, 0) is 11.6 Å². The minimum Gasteiger partial charge on any atom is -0.295 e. The van der Waals surface area contributed by atoms with E-state index in [1.54, 1.807) is 12.1 Å². The number of rotatable bonds is 2. The Labute approximate surface area is 92.7 Å². The smallest absolute Gasteiger partial charge is 0.251 e. The fraction of sp³-hybridized carbons (Fsp3) is 0.0833. The largest absolute Gasteiger partial charge is 0.295 e. The van der Waals surface area contributed by atoms with Crippen LogP contribution in [0.15, 0.2) is 53.3 Å². The fourth-order valence-corrected chi connectivity index (χ4v) is 1.63. The molecule has 0 saturated carbocycles. The molecule has 76 valence electrons. The maximum atomic E-state index is 11.5. The molecule has 3 heteroatoms. The van der Waals surface area contributed by atoms with Crippen LogP contribution in [0.25, 0.3) is 0 Å². The second-order valence-electron chi connectivity index (χ2n) is 3.26. The first-order valence-electron chi connectivity index (χ1n) is 4.66. The van der Waals surface area contributed by atoms with Gasteiger partial charge < -0.3 is 0 Å². The van der Waals surface area contributed by atoms with E-state index in [1.165, 1.54) is 10.6 Å². The first-order valence-corrected chi connectivity index (χ1v) is 5.04. The lowest BCUT2D eigenvalue weighted by Crippen LogP contribution is -2.19. The molecule has 0 aliphatic heterocycles. The normalized spacial score (nSPS) is 10.2.